The van der Waals surface area contributed by atoms with Gasteiger partial charge < -0.3 is 14.9 Å². The zero-order valence-electron chi connectivity index (χ0n) is 6.89. The Morgan fingerprint density at radius 3 is 3.14 bits per heavy atom. The molecular formula is C7H6N4O3. The van der Waals surface area contributed by atoms with Gasteiger partial charge in [0.2, 0.25) is 0 Å². The molecule has 72 valence electrons. The average molecular weight is 194 g/mol. The second kappa shape index (κ2) is 3.21. The summed E-state index contributed by atoms with van der Waals surface area (Å²) in [7, 11) is 0. The van der Waals surface area contributed by atoms with Crippen molar-refractivity contribution in [1.29, 1.82) is 0 Å². The molecule has 3 N–H and O–H groups in total. The van der Waals surface area contributed by atoms with E-state index in [1.54, 1.807) is 6.20 Å². The van der Waals surface area contributed by atoms with E-state index in [9.17, 15) is 4.79 Å². The lowest BCUT2D eigenvalue weighted by Crippen LogP contribution is -1.99. The summed E-state index contributed by atoms with van der Waals surface area (Å²) in [5.41, 5.74) is 0.590. The molecule has 0 radical (unpaired) electrons. The van der Waals surface area contributed by atoms with Crippen molar-refractivity contribution in [3.05, 3.63) is 24.2 Å². The number of aromatic amines is 1. The van der Waals surface area contributed by atoms with Gasteiger partial charge in [0.15, 0.2) is 5.82 Å². The third kappa shape index (κ3) is 1.42. The van der Waals surface area contributed by atoms with Gasteiger partial charge in [-0.25, -0.2) is 4.79 Å². The molecule has 0 saturated heterocycles. The molecule has 7 heteroatoms. The summed E-state index contributed by atoms with van der Waals surface area (Å²) in [6, 6.07) is 0. The molecule has 0 aliphatic heterocycles. The van der Waals surface area contributed by atoms with E-state index in [0.717, 1.165) is 6.26 Å². The summed E-state index contributed by atoms with van der Waals surface area (Å²) in [6.45, 7) is 0. The van der Waals surface area contributed by atoms with Crippen LogP contribution in [-0.4, -0.2) is 26.4 Å². The van der Waals surface area contributed by atoms with E-state index in [-0.39, 0.29) is 11.4 Å². The van der Waals surface area contributed by atoms with Crippen molar-refractivity contribution in [2.45, 2.75) is 0 Å². The van der Waals surface area contributed by atoms with Crippen molar-refractivity contribution in [3.63, 3.8) is 0 Å². The highest BCUT2D eigenvalue weighted by Gasteiger charge is 2.14. The third-order valence-corrected chi connectivity index (χ3v) is 1.56. The van der Waals surface area contributed by atoms with Crippen molar-refractivity contribution in [3.8, 4) is 0 Å². The number of carboxylic acid groups (broad SMARTS) is 1. The van der Waals surface area contributed by atoms with E-state index in [1.807, 2.05) is 0 Å². The van der Waals surface area contributed by atoms with E-state index in [2.05, 4.69) is 25.2 Å². The predicted octanol–water partition coefficient (Wildman–Crippen LogP) is 0.839. The maximum Gasteiger partial charge on any atom is 0.342 e. The summed E-state index contributed by atoms with van der Waals surface area (Å²) < 4.78 is 4.53. The van der Waals surface area contributed by atoms with Crippen molar-refractivity contribution >= 4 is 17.5 Å². The molecule has 0 fully saturated rings. The van der Waals surface area contributed by atoms with E-state index < -0.39 is 5.97 Å². The molecule has 0 aliphatic rings. The number of hydrogen-bond donors (Lipinski definition) is 3. The van der Waals surface area contributed by atoms with Crippen molar-refractivity contribution in [1.82, 2.24) is 15.4 Å². The summed E-state index contributed by atoms with van der Waals surface area (Å²) in [5.74, 6) is -0.948. The topological polar surface area (TPSA) is 104 Å². The Morgan fingerprint density at radius 1 is 1.64 bits per heavy atom. The van der Waals surface area contributed by atoms with Gasteiger partial charge in [-0.2, -0.15) is 5.10 Å². The number of aromatic nitrogens is 3. The first-order valence-electron chi connectivity index (χ1n) is 3.71. The Balaban J connectivity index is 2.25. The van der Waals surface area contributed by atoms with Crippen LogP contribution in [0.3, 0.4) is 0 Å². The van der Waals surface area contributed by atoms with Crippen LogP contribution in [0.25, 0.3) is 0 Å². The third-order valence-electron chi connectivity index (χ3n) is 1.56. The minimum Gasteiger partial charge on any atom is -0.477 e. The van der Waals surface area contributed by atoms with Crippen LogP contribution in [0.4, 0.5) is 11.5 Å². The monoisotopic (exact) mass is 194 g/mol. The minimum atomic E-state index is -1.10. The number of H-pyrrole nitrogens is 1. The van der Waals surface area contributed by atoms with Crippen LogP contribution in [0, 0.1) is 0 Å². The molecular weight excluding hydrogens is 188 g/mol. The van der Waals surface area contributed by atoms with Crippen LogP contribution in [0.15, 0.2) is 23.2 Å². The number of nitrogens with zero attached hydrogens (tertiary/aromatic N) is 2. The fourth-order valence-corrected chi connectivity index (χ4v) is 0.935. The maximum absolute atomic E-state index is 10.6. The SMILES string of the molecule is O=C(O)c1conc1Nc1cn[nH]c1. The van der Waals surface area contributed by atoms with Crippen LogP contribution in [-0.2, 0) is 0 Å². The first-order valence-corrected chi connectivity index (χ1v) is 3.71. The highest BCUT2D eigenvalue weighted by atomic mass is 16.5. The molecule has 0 spiro atoms. The molecule has 0 saturated carbocycles. The summed E-state index contributed by atoms with van der Waals surface area (Å²) in [5, 5.41) is 21.2. The summed E-state index contributed by atoms with van der Waals surface area (Å²) in [4.78, 5) is 10.6. The smallest absolute Gasteiger partial charge is 0.342 e. The van der Waals surface area contributed by atoms with Crippen LogP contribution in [0.2, 0.25) is 0 Å². The van der Waals surface area contributed by atoms with Gasteiger partial charge >= 0.3 is 5.97 Å². The van der Waals surface area contributed by atoms with Crippen LogP contribution in [0.1, 0.15) is 10.4 Å². The Labute approximate surface area is 77.7 Å². The fourth-order valence-electron chi connectivity index (χ4n) is 0.935. The zero-order valence-corrected chi connectivity index (χ0v) is 6.89. The normalized spacial score (nSPS) is 10.0. The van der Waals surface area contributed by atoms with Crippen molar-refractivity contribution in [2.24, 2.45) is 0 Å². The van der Waals surface area contributed by atoms with Gasteiger partial charge in [-0.15, -0.1) is 0 Å². The lowest BCUT2D eigenvalue weighted by atomic mass is 10.3. The Kier molecular flexibility index (Phi) is 1.90. The van der Waals surface area contributed by atoms with Gasteiger partial charge in [-0.05, 0) is 0 Å². The van der Waals surface area contributed by atoms with E-state index in [0.29, 0.717) is 5.69 Å². The first kappa shape index (κ1) is 8.30. The van der Waals surface area contributed by atoms with Crippen molar-refractivity contribution < 1.29 is 14.4 Å². The molecule has 0 bridgehead atoms. The molecule has 2 rings (SSSR count). The Morgan fingerprint density at radius 2 is 2.50 bits per heavy atom. The standard InChI is InChI=1S/C7H6N4O3/c12-7(13)5-3-14-11-6(5)10-4-1-8-9-2-4/h1-3H,(H,8,9)(H,10,11)(H,12,13). The molecule has 0 unspecified atom stereocenters. The molecule has 0 atom stereocenters. The lowest BCUT2D eigenvalue weighted by molar-refractivity contribution is 0.0697. The minimum absolute atomic E-state index is 0.0220. The van der Waals surface area contributed by atoms with Crippen LogP contribution >= 0.6 is 0 Å². The van der Waals surface area contributed by atoms with Gasteiger partial charge in [-0.3, -0.25) is 5.10 Å². The zero-order chi connectivity index (χ0) is 9.97. The first-order chi connectivity index (χ1) is 6.77. The van der Waals surface area contributed by atoms with Gasteiger partial charge in [0.25, 0.3) is 0 Å². The van der Waals surface area contributed by atoms with Gasteiger partial charge in [0.05, 0.1) is 11.9 Å². The summed E-state index contributed by atoms with van der Waals surface area (Å²) in [6.07, 6.45) is 4.13. The van der Waals surface area contributed by atoms with E-state index in [4.69, 9.17) is 5.11 Å². The molecule has 2 heterocycles. The van der Waals surface area contributed by atoms with E-state index >= 15 is 0 Å². The largest absolute Gasteiger partial charge is 0.477 e. The summed E-state index contributed by atoms with van der Waals surface area (Å²) >= 11 is 0. The molecule has 14 heavy (non-hydrogen) atoms. The Bertz CT molecular complexity index is 433. The van der Waals surface area contributed by atoms with Gasteiger partial charge in [0, 0.05) is 6.20 Å². The van der Waals surface area contributed by atoms with E-state index in [1.165, 1.54) is 6.20 Å². The van der Waals surface area contributed by atoms with Gasteiger partial charge in [0.1, 0.15) is 11.8 Å². The molecule has 2 aromatic rings. The lowest BCUT2D eigenvalue weighted by Gasteiger charge is -1.97. The molecule has 0 aromatic carbocycles. The second-order valence-corrected chi connectivity index (χ2v) is 2.49. The molecule has 2 aromatic heterocycles. The second-order valence-electron chi connectivity index (χ2n) is 2.49. The number of aromatic carboxylic acids is 1. The van der Waals surface area contributed by atoms with Gasteiger partial charge in [-0.1, -0.05) is 5.16 Å². The Hall–Kier alpha value is -2.31. The fraction of sp³-hybridized carbons (Fsp3) is 0. The van der Waals surface area contributed by atoms with Crippen LogP contribution in [0.5, 0.6) is 0 Å². The molecule has 7 nitrogen and oxygen atoms in total. The highest BCUT2D eigenvalue weighted by molar-refractivity contribution is 5.93. The number of rotatable bonds is 3. The number of nitrogens with one attached hydrogen (secondary N) is 2. The van der Waals surface area contributed by atoms with Crippen molar-refractivity contribution in [2.75, 3.05) is 5.32 Å². The molecule has 0 amide bonds. The number of hydrogen-bond acceptors (Lipinski definition) is 5. The number of anilines is 2. The maximum atomic E-state index is 10.6. The highest BCUT2D eigenvalue weighted by Crippen LogP contribution is 2.17. The predicted molar refractivity (Wildman–Crippen MR) is 45.3 cm³/mol. The molecule has 0 aliphatic carbocycles. The number of carboxylic acids is 1. The number of carbonyl (C=O) groups is 1. The quantitative estimate of drug-likeness (QED) is 0.668. The average Bonchev–Trinajstić information content (AvgIpc) is 2.75. The van der Waals surface area contributed by atoms with Crippen LogP contribution < -0.4 is 5.32 Å².